The topological polar surface area (TPSA) is 86.8 Å². The zero-order valence-electron chi connectivity index (χ0n) is 16.9. The van der Waals surface area contributed by atoms with Crippen molar-refractivity contribution in [1.82, 2.24) is 9.21 Å². The lowest BCUT2D eigenvalue weighted by Gasteiger charge is -2.19. The Bertz CT molecular complexity index is 1050. The van der Waals surface area contributed by atoms with Crippen LogP contribution in [0.3, 0.4) is 0 Å². The van der Waals surface area contributed by atoms with Crippen LogP contribution in [0.2, 0.25) is 0 Å². The predicted molar refractivity (Wildman–Crippen MR) is 111 cm³/mol. The number of likely N-dealkylation sites (tertiary alicyclic amines) is 1. The molecule has 0 bridgehead atoms. The molecule has 30 heavy (non-hydrogen) atoms. The van der Waals surface area contributed by atoms with E-state index in [1.54, 1.807) is 30.0 Å². The summed E-state index contributed by atoms with van der Waals surface area (Å²) >= 11 is 0. The first-order valence-corrected chi connectivity index (χ1v) is 11.0. The van der Waals surface area contributed by atoms with Gasteiger partial charge in [-0.25, -0.2) is 12.8 Å². The number of halogens is 1. The van der Waals surface area contributed by atoms with Crippen molar-refractivity contribution in [3.63, 3.8) is 0 Å². The molecule has 0 aliphatic carbocycles. The van der Waals surface area contributed by atoms with E-state index in [1.807, 2.05) is 0 Å². The molecule has 9 heteroatoms. The molecule has 0 saturated carbocycles. The third kappa shape index (κ3) is 4.68. The third-order valence-electron chi connectivity index (χ3n) is 5.12. The van der Waals surface area contributed by atoms with Gasteiger partial charge in [0, 0.05) is 31.4 Å². The van der Waals surface area contributed by atoms with Crippen molar-refractivity contribution in [2.75, 3.05) is 32.0 Å². The number of carbonyl (C=O) groups is 2. The minimum Gasteiger partial charge on any atom is -0.339 e. The molecule has 1 N–H and O–H groups in total. The fraction of sp³-hybridized carbons (Fsp3) is 0.333. The van der Waals surface area contributed by atoms with Gasteiger partial charge in [-0.15, -0.1) is 0 Å². The smallest absolute Gasteiger partial charge is 0.254 e. The van der Waals surface area contributed by atoms with Gasteiger partial charge in [0.1, 0.15) is 5.82 Å². The number of likely N-dealkylation sites (N-methyl/N-ethyl adjacent to an activating group) is 1. The van der Waals surface area contributed by atoms with Crippen LogP contribution in [-0.4, -0.2) is 56.1 Å². The molecule has 1 heterocycles. The molecule has 1 saturated heterocycles. The maximum atomic E-state index is 13.1. The summed E-state index contributed by atoms with van der Waals surface area (Å²) in [5.74, 6) is -1.16. The molecule has 7 nitrogen and oxygen atoms in total. The molecule has 0 radical (unpaired) electrons. The van der Waals surface area contributed by atoms with Gasteiger partial charge in [0.25, 0.3) is 5.91 Å². The third-order valence-corrected chi connectivity index (χ3v) is 6.94. The van der Waals surface area contributed by atoms with Gasteiger partial charge in [0.05, 0.1) is 11.4 Å². The van der Waals surface area contributed by atoms with Crippen molar-refractivity contribution in [2.24, 2.45) is 0 Å². The molecule has 0 unspecified atom stereocenters. The van der Waals surface area contributed by atoms with Crippen LogP contribution >= 0.6 is 0 Å². The SMILES string of the molecule is Cc1c(NC(=O)CN(C)S(=O)(=O)c2ccc(F)cc2)cccc1C(=O)N1CCCC1. The number of nitrogens with one attached hydrogen (secondary N) is 1. The minimum atomic E-state index is -3.94. The van der Waals surface area contributed by atoms with Crippen molar-refractivity contribution in [1.29, 1.82) is 0 Å². The summed E-state index contributed by atoms with van der Waals surface area (Å²) < 4.78 is 39.1. The zero-order chi connectivity index (χ0) is 21.9. The second-order valence-electron chi connectivity index (χ2n) is 7.24. The molecular weight excluding hydrogens is 409 g/mol. The summed E-state index contributed by atoms with van der Waals surface area (Å²) in [7, 11) is -2.66. The van der Waals surface area contributed by atoms with E-state index in [4.69, 9.17) is 0 Å². The first-order chi connectivity index (χ1) is 14.2. The maximum absolute atomic E-state index is 13.1. The normalized spacial score (nSPS) is 14.2. The van der Waals surface area contributed by atoms with Crippen LogP contribution in [0.5, 0.6) is 0 Å². The van der Waals surface area contributed by atoms with Crippen molar-refractivity contribution >= 4 is 27.5 Å². The second-order valence-corrected chi connectivity index (χ2v) is 9.29. The number of benzene rings is 2. The molecule has 2 aromatic rings. The Morgan fingerprint density at radius 3 is 2.37 bits per heavy atom. The van der Waals surface area contributed by atoms with Crippen molar-refractivity contribution in [3.05, 3.63) is 59.4 Å². The number of hydrogen-bond acceptors (Lipinski definition) is 4. The molecule has 1 aliphatic heterocycles. The molecule has 0 spiro atoms. The Morgan fingerprint density at radius 2 is 1.73 bits per heavy atom. The minimum absolute atomic E-state index is 0.0721. The van der Waals surface area contributed by atoms with Crippen molar-refractivity contribution in [3.8, 4) is 0 Å². The van der Waals surface area contributed by atoms with Gasteiger partial charge >= 0.3 is 0 Å². The Labute approximate surface area is 175 Å². The number of carbonyl (C=O) groups excluding carboxylic acids is 2. The molecule has 2 aromatic carbocycles. The average molecular weight is 434 g/mol. The average Bonchev–Trinajstić information content (AvgIpc) is 3.24. The van der Waals surface area contributed by atoms with Gasteiger partial charge in [0.2, 0.25) is 15.9 Å². The van der Waals surface area contributed by atoms with Crippen LogP contribution in [0.4, 0.5) is 10.1 Å². The Kier molecular flexibility index (Phi) is 6.52. The quantitative estimate of drug-likeness (QED) is 0.759. The molecule has 1 fully saturated rings. The molecule has 0 aromatic heterocycles. The van der Waals surface area contributed by atoms with Gasteiger partial charge in [0.15, 0.2) is 0 Å². The number of anilines is 1. The van der Waals surface area contributed by atoms with E-state index in [-0.39, 0.29) is 10.8 Å². The standard InChI is InChI=1S/C21H24FN3O4S/c1-15-18(21(27)25-12-3-4-13-25)6-5-7-19(15)23-20(26)14-24(2)30(28,29)17-10-8-16(22)9-11-17/h5-11H,3-4,12-14H2,1-2H3,(H,23,26). The fourth-order valence-electron chi connectivity index (χ4n) is 3.36. The largest absolute Gasteiger partial charge is 0.339 e. The fourth-order valence-corrected chi connectivity index (χ4v) is 4.48. The summed E-state index contributed by atoms with van der Waals surface area (Å²) in [5, 5.41) is 2.68. The van der Waals surface area contributed by atoms with E-state index in [0.29, 0.717) is 16.8 Å². The number of amides is 2. The lowest BCUT2D eigenvalue weighted by Crippen LogP contribution is -2.35. The molecule has 0 atom stereocenters. The van der Waals surface area contributed by atoms with Gasteiger partial charge < -0.3 is 10.2 Å². The van der Waals surface area contributed by atoms with Gasteiger partial charge in [-0.1, -0.05) is 6.07 Å². The Hall–Kier alpha value is -2.78. The first kappa shape index (κ1) is 21.9. The summed E-state index contributed by atoms with van der Waals surface area (Å²) in [6.07, 6.45) is 1.96. The number of nitrogens with zero attached hydrogens (tertiary/aromatic N) is 2. The van der Waals surface area contributed by atoms with Crippen LogP contribution in [-0.2, 0) is 14.8 Å². The van der Waals surface area contributed by atoms with Gasteiger partial charge in [-0.2, -0.15) is 4.31 Å². The van der Waals surface area contributed by atoms with E-state index in [2.05, 4.69) is 5.32 Å². The highest BCUT2D eigenvalue weighted by atomic mass is 32.2. The van der Waals surface area contributed by atoms with Crippen LogP contribution in [0, 0.1) is 12.7 Å². The van der Waals surface area contributed by atoms with E-state index >= 15 is 0 Å². The molecule has 160 valence electrons. The summed E-state index contributed by atoms with van der Waals surface area (Å²) in [4.78, 5) is 26.9. The number of sulfonamides is 1. The number of rotatable bonds is 6. The van der Waals surface area contributed by atoms with Crippen LogP contribution in [0.25, 0.3) is 0 Å². The Morgan fingerprint density at radius 1 is 1.10 bits per heavy atom. The van der Waals surface area contributed by atoms with E-state index in [1.165, 1.54) is 7.05 Å². The van der Waals surface area contributed by atoms with Crippen molar-refractivity contribution in [2.45, 2.75) is 24.7 Å². The molecular formula is C21H24FN3O4S. The van der Waals surface area contributed by atoms with E-state index in [9.17, 15) is 22.4 Å². The predicted octanol–water partition coefficient (Wildman–Crippen LogP) is 2.63. The van der Waals surface area contributed by atoms with Gasteiger partial charge in [-0.3, -0.25) is 9.59 Å². The molecule has 3 rings (SSSR count). The highest BCUT2D eigenvalue weighted by Gasteiger charge is 2.25. The van der Waals surface area contributed by atoms with Crippen LogP contribution in [0.15, 0.2) is 47.4 Å². The van der Waals surface area contributed by atoms with Crippen LogP contribution < -0.4 is 5.32 Å². The summed E-state index contributed by atoms with van der Waals surface area (Å²) in [6.45, 7) is 2.77. The van der Waals surface area contributed by atoms with E-state index < -0.39 is 28.3 Å². The lowest BCUT2D eigenvalue weighted by atomic mass is 10.1. The monoisotopic (exact) mass is 433 g/mol. The van der Waals surface area contributed by atoms with Crippen LogP contribution in [0.1, 0.15) is 28.8 Å². The highest BCUT2D eigenvalue weighted by Crippen LogP contribution is 2.22. The highest BCUT2D eigenvalue weighted by molar-refractivity contribution is 7.89. The molecule has 1 aliphatic rings. The lowest BCUT2D eigenvalue weighted by molar-refractivity contribution is -0.116. The summed E-state index contributed by atoms with van der Waals surface area (Å²) in [6, 6.07) is 9.47. The van der Waals surface area contributed by atoms with Crippen molar-refractivity contribution < 1.29 is 22.4 Å². The Balaban J connectivity index is 1.70. The number of hydrogen-bond donors (Lipinski definition) is 1. The van der Waals surface area contributed by atoms with E-state index in [0.717, 1.165) is 54.5 Å². The maximum Gasteiger partial charge on any atom is 0.254 e. The second kappa shape index (κ2) is 8.93. The zero-order valence-corrected chi connectivity index (χ0v) is 17.7. The molecule has 2 amide bonds. The summed E-state index contributed by atoms with van der Waals surface area (Å²) in [5.41, 5.74) is 1.60. The van der Waals surface area contributed by atoms with Gasteiger partial charge in [-0.05, 0) is 61.7 Å². The first-order valence-electron chi connectivity index (χ1n) is 9.61.